The highest BCUT2D eigenvalue weighted by Crippen LogP contribution is 2.15. The van der Waals surface area contributed by atoms with Crippen molar-refractivity contribution in [2.75, 3.05) is 0 Å². The van der Waals surface area contributed by atoms with Crippen molar-refractivity contribution >= 4 is 17.0 Å². The lowest BCUT2D eigenvalue weighted by molar-refractivity contribution is 0.0951. The van der Waals surface area contributed by atoms with Gasteiger partial charge in [0.1, 0.15) is 0 Å². The first-order valence-electron chi connectivity index (χ1n) is 8.22. The number of aromatic nitrogens is 2. The lowest BCUT2D eigenvalue weighted by Crippen LogP contribution is -2.22. The summed E-state index contributed by atoms with van der Waals surface area (Å²) in [6.07, 6.45) is 3.91. The molecule has 4 aromatic rings. The Morgan fingerprint density at radius 1 is 1.08 bits per heavy atom. The fraction of sp³-hybridized carbons (Fsp3) is 0.100. The summed E-state index contributed by atoms with van der Waals surface area (Å²) >= 11 is 0. The van der Waals surface area contributed by atoms with Crippen LogP contribution in [0.5, 0.6) is 0 Å². The lowest BCUT2D eigenvalue weighted by Gasteiger charge is -2.07. The Morgan fingerprint density at radius 3 is 2.54 bits per heavy atom. The van der Waals surface area contributed by atoms with E-state index in [0.717, 1.165) is 11.3 Å². The molecule has 6 nitrogen and oxygen atoms in total. The van der Waals surface area contributed by atoms with E-state index in [-0.39, 0.29) is 5.91 Å². The number of fused-ring (bicyclic) bond motifs is 1. The summed E-state index contributed by atoms with van der Waals surface area (Å²) in [6, 6.07) is 16.7. The van der Waals surface area contributed by atoms with E-state index in [1.807, 2.05) is 53.4 Å². The molecule has 0 bridgehead atoms. The second kappa shape index (κ2) is 6.40. The van der Waals surface area contributed by atoms with E-state index in [4.69, 9.17) is 4.42 Å². The normalized spacial score (nSPS) is 11.0. The standard InChI is InChI=1S/C20H17N3O3/c1-22-17-12-14(4-9-18(17)26-20(22)25)13-21-19(24)15-5-7-16(8-6-15)23-10-2-3-11-23/h2-12H,13H2,1H3,(H,21,24). The van der Waals surface area contributed by atoms with Gasteiger partial charge in [0, 0.05) is 37.2 Å². The van der Waals surface area contributed by atoms with Crippen LogP contribution in [0.15, 0.2) is 76.2 Å². The molecule has 2 heterocycles. The van der Waals surface area contributed by atoms with Gasteiger partial charge >= 0.3 is 5.76 Å². The zero-order valence-electron chi connectivity index (χ0n) is 14.2. The van der Waals surface area contributed by atoms with Gasteiger partial charge in [-0.05, 0) is 54.1 Å². The van der Waals surface area contributed by atoms with Crippen LogP contribution in [-0.2, 0) is 13.6 Å². The number of nitrogens with zero attached hydrogens (tertiary/aromatic N) is 2. The monoisotopic (exact) mass is 347 g/mol. The van der Waals surface area contributed by atoms with E-state index in [1.165, 1.54) is 4.57 Å². The van der Waals surface area contributed by atoms with Gasteiger partial charge in [-0.25, -0.2) is 4.79 Å². The maximum atomic E-state index is 12.4. The molecule has 2 aromatic heterocycles. The minimum absolute atomic E-state index is 0.148. The van der Waals surface area contributed by atoms with Gasteiger partial charge in [0.15, 0.2) is 5.58 Å². The van der Waals surface area contributed by atoms with Gasteiger partial charge in [0.2, 0.25) is 0 Å². The van der Waals surface area contributed by atoms with E-state index in [0.29, 0.717) is 23.2 Å². The summed E-state index contributed by atoms with van der Waals surface area (Å²) in [6.45, 7) is 0.369. The molecule has 0 aliphatic heterocycles. The van der Waals surface area contributed by atoms with Crippen LogP contribution in [0, 0.1) is 0 Å². The summed E-state index contributed by atoms with van der Waals surface area (Å²) in [5.41, 5.74) is 3.73. The number of oxazole rings is 1. The molecule has 0 radical (unpaired) electrons. The highest BCUT2D eigenvalue weighted by molar-refractivity contribution is 5.94. The highest BCUT2D eigenvalue weighted by atomic mass is 16.4. The zero-order valence-corrected chi connectivity index (χ0v) is 14.2. The number of aryl methyl sites for hydroxylation is 1. The number of hydrogen-bond acceptors (Lipinski definition) is 3. The van der Waals surface area contributed by atoms with Crippen molar-refractivity contribution in [2.24, 2.45) is 7.05 Å². The Hall–Kier alpha value is -3.54. The molecule has 130 valence electrons. The van der Waals surface area contributed by atoms with Crippen LogP contribution < -0.4 is 11.1 Å². The number of amides is 1. The number of benzene rings is 2. The number of nitrogens with one attached hydrogen (secondary N) is 1. The lowest BCUT2D eigenvalue weighted by atomic mass is 10.1. The first-order valence-corrected chi connectivity index (χ1v) is 8.22. The van der Waals surface area contributed by atoms with Gasteiger partial charge in [0.05, 0.1) is 5.52 Å². The zero-order chi connectivity index (χ0) is 18.1. The molecule has 0 atom stereocenters. The van der Waals surface area contributed by atoms with Crippen LogP contribution >= 0.6 is 0 Å². The van der Waals surface area contributed by atoms with Crippen LogP contribution in [0.4, 0.5) is 0 Å². The number of rotatable bonds is 4. The third-order valence-corrected chi connectivity index (χ3v) is 4.34. The molecule has 4 rings (SSSR count). The van der Waals surface area contributed by atoms with Crippen LogP contribution in [0.2, 0.25) is 0 Å². The van der Waals surface area contributed by atoms with Gasteiger partial charge in [-0.15, -0.1) is 0 Å². The molecule has 1 amide bonds. The van der Waals surface area contributed by atoms with Gasteiger partial charge in [-0.1, -0.05) is 6.07 Å². The van der Waals surface area contributed by atoms with Crippen LogP contribution in [0.1, 0.15) is 15.9 Å². The Balaban J connectivity index is 1.46. The van der Waals surface area contributed by atoms with Crippen molar-refractivity contribution in [2.45, 2.75) is 6.54 Å². The van der Waals surface area contributed by atoms with E-state index in [2.05, 4.69) is 5.32 Å². The molecule has 1 N–H and O–H groups in total. The molecule has 0 aliphatic carbocycles. The largest absolute Gasteiger partial charge is 0.419 e. The molecule has 2 aromatic carbocycles. The van der Waals surface area contributed by atoms with Gasteiger partial charge in [-0.3, -0.25) is 9.36 Å². The number of carbonyl (C=O) groups excluding carboxylic acids is 1. The molecule has 0 aliphatic rings. The number of hydrogen-bond donors (Lipinski definition) is 1. The molecule has 0 saturated carbocycles. The first-order chi connectivity index (χ1) is 12.6. The van der Waals surface area contributed by atoms with E-state index >= 15 is 0 Å². The molecular weight excluding hydrogens is 330 g/mol. The average molecular weight is 347 g/mol. The second-order valence-electron chi connectivity index (χ2n) is 6.05. The molecule has 0 fully saturated rings. The minimum Gasteiger partial charge on any atom is -0.408 e. The molecule has 26 heavy (non-hydrogen) atoms. The fourth-order valence-corrected chi connectivity index (χ4v) is 2.86. The number of carbonyl (C=O) groups is 1. The molecule has 0 unspecified atom stereocenters. The smallest absolute Gasteiger partial charge is 0.408 e. The summed E-state index contributed by atoms with van der Waals surface area (Å²) in [5, 5.41) is 2.90. The summed E-state index contributed by atoms with van der Waals surface area (Å²) in [5.74, 6) is -0.547. The average Bonchev–Trinajstić information content (AvgIpc) is 3.29. The topological polar surface area (TPSA) is 69.2 Å². The van der Waals surface area contributed by atoms with E-state index in [1.54, 1.807) is 25.2 Å². The van der Waals surface area contributed by atoms with E-state index in [9.17, 15) is 9.59 Å². The van der Waals surface area contributed by atoms with E-state index < -0.39 is 5.76 Å². The van der Waals surface area contributed by atoms with Crippen LogP contribution in [0.25, 0.3) is 16.8 Å². The van der Waals surface area contributed by atoms with Crippen molar-refractivity contribution in [1.82, 2.24) is 14.5 Å². The highest BCUT2D eigenvalue weighted by Gasteiger charge is 2.09. The predicted octanol–water partition coefficient (Wildman–Crippen LogP) is 2.85. The molecular formula is C20H17N3O3. The molecule has 0 spiro atoms. The van der Waals surface area contributed by atoms with Crippen molar-refractivity contribution in [3.8, 4) is 5.69 Å². The van der Waals surface area contributed by atoms with Crippen molar-refractivity contribution in [3.05, 3.63) is 88.7 Å². The summed E-state index contributed by atoms with van der Waals surface area (Å²) in [7, 11) is 1.66. The predicted molar refractivity (Wildman–Crippen MR) is 98.4 cm³/mol. The molecule has 6 heteroatoms. The third kappa shape index (κ3) is 2.93. The third-order valence-electron chi connectivity index (χ3n) is 4.34. The van der Waals surface area contributed by atoms with Crippen molar-refractivity contribution in [1.29, 1.82) is 0 Å². The fourth-order valence-electron chi connectivity index (χ4n) is 2.86. The van der Waals surface area contributed by atoms with Crippen LogP contribution in [0.3, 0.4) is 0 Å². The maximum Gasteiger partial charge on any atom is 0.419 e. The SMILES string of the molecule is Cn1c(=O)oc2ccc(CNC(=O)c3ccc(-n4cccc4)cc3)cc21. The van der Waals surface area contributed by atoms with Crippen LogP contribution in [-0.4, -0.2) is 15.0 Å². The Bertz CT molecular complexity index is 1120. The Labute approximate surface area is 149 Å². The quantitative estimate of drug-likeness (QED) is 0.617. The van der Waals surface area contributed by atoms with Gasteiger partial charge in [0.25, 0.3) is 5.91 Å². The summed E-state index contributed by atoms with van der Waals surface area (Å²) in [4.78, 5) is 23.9. The Morgan fingerprint density at radius 2 is 1.81 bits per heavy atom. The Kier molecular flexibility index (Phi) is 3.93. The van der Waals surface area contributed by atoms with Gasteiger partial charge in [-0.2, -0.15) is 0 Å². The molecule has 0 saturated heterocycles. The van der Waals surface area contributed by atoms with Gasteiger partial charge < -0.3 is 14.3 Å². The van der Waals surface area contributed by atoms with Crippen molar-refractivity contribution < 1.29 is 9.21 Å². The maximum absolute atomic E-state index is 12.4. The van der Waals surface area contributed by atoms with Crippen molar-refractivity contribution in [3.63, 3.8) is 0 Å². The summed E-state index contributed by atoms with van der Waals surface area (Å²) < 4.78 is 8.53. The second-order valence-corrected chi connectivity index (χ2v) is 6.05. The first kappa shape index (κ1) is 16.0. The minimum atomic E-state index is -0.399.